The first-order chi connectivity index (χ1) is 12.9. The molecular formula is C23H26N2O. The smallest absolute Gasteiger partial charge is 0.0948 e. The largest absolute Gasteiger partial charge is 0.379 e. The zero-order valence-electron chi connectivity index (χ0n) is 15.0. The van der Waals surface area contributed by atoms with Crippen molar-refractivity contribution >= 4 is 0 Å². The van der Waals surface area contributed by atoms with Gasteiger partial charge in [0.05, 0.1) is 18.8 Å². The molecule has 3 rings (SSSR count). The number of nitrogens with one attached hydrogen (secondary N) is 1. The van der Waals surface area contributed by atoms with Gasteiger partial charge in [-0.3, -0.25) is 5.32 Å². The molecule has 0 aliphatic rings. The monoisotopic (exact) mass is 346 g/mol. The minimum absolute atomic E-state index is 0.435. The first-order valence-corrected chi connectivity index (χ1v) is 9.07. The second kappa shape index (κ2) is 9.30. The van der Waals surface area contributed by atoms with Crippen LogP contribution in [-0.4, -0.2) is 26.3 Å². The van der Waals surface area contributed by atoms with E-state index in [0.717, 1.165) is 6.54 Å². The average molecular weight is 346 g/mol. The minimum atomic E-state index is -0.435. The van der Waals surface area contributed by atoms with Gasteiger partial charge in [-0.05, 0) is 16.7 Å². The normalized spacial score (nSPS) is 11.4. The Morgan fingerprint density at radius 2 is 1.08 bits per heavy atom. The Balaban J connectivity index is 2.06. The molecule has 0 atom stereocenters. The fraction of sp³-hybridized carbons (Fsp3) is 0.217. The molecule has 134 valence electrons. The van der Waals surface area contributed by atoms with Crippen LogP contribution < -0.4 is 11.1 Å². The second-order valence-electron chi connectivity index (χ2n) is 6.18. The van der Waals surface area contributed by atoms with Gasteiger partial charge >= 0.3 is 0 Å². The van der Waals surface area contributed by atoms with Gasteiger partial charge in [-0.15, -0.1) is 0 Å². The van der Waals surface area contributed by atoms with E-state index in [1.807, 2.05) is 0 Å². The molecule has 0 unspecified atom stereocenters. The zero-order valence-corrected chi connectivity index (χ0v) is 15.0. The molecule has 0 aromatic heterocycles. The Kier molecular flexibility index (Phi) is 6.56. The summed E-state index contributed by atoms with van der Waals surface area (Å²) >= 11 is 0. The van der Waals surface area contributed by atoms with Crippen LogP contribution >= 0.6 is 0 Å². The van der Waals surface area contributed by atoms with Crippen molar-refractivity contribution in [2.45, 2.75) is 5.54 Å². The van der Waals surface area contributed by atoms with Crippen LogP contribution in [-0.2, 0) is 10.3 Å². The maximum absolute atomic E-state index is 5.60. The summed E-state index contributed by atoms with van der Waals surface area (Å²) in [6, 6.07) is 31.7. The summed E-state index contributed by atoms with van der Waals surface area (Å²) in [5, 5.41) is 3.78. The molecule has 3 N–H and O–H groups in total. The lowest BCUT2D eigenvalue weighted by Crippen LogP contribution is -2.46. The van der Waals surface area contributed by atoms with Gasteiger partial charge in [0, 0.05) is 13.1 Å². The molecule has 0 aliphatic carbocycles. The Bertz CT molecular complexity index is 663. The third kappa shape index (κ3) is 4.02. The van der Waals surface area contributed by atoms with Crippen LogP contribution in [0, 0.1) is 0 Å². The number of benzene rings is 3. The number of hydrogen-bond acceptors (Lipinski definition) is 3. The summed E-state index contributed by atoms with van der Waals surface area (Å²) in [6.45, 7) is 2.46. The molecule has 0 bridgehead atoms. The summed E-state index contributed by atoms with van der Waals surface area (Å²) in [4.78, 5) is 0. The van der Waals surface area contributed by atoms with E-state index in [-0.39, 0.29) is 0 Å². The topological polar surface area (TPSA) is 47.3 Å². The molecule has 0 saturated carbocycles. The molecule has 0 aliphatic heterocycles. The lowest BCUT2D eigenvalue weighted by Gasteiger charge is -2.37. The van der Waals surface area contributed by atoms with Gasteiger partial charge in [0.1, 0.15) is 0 Å². The summed E-state index contributed by atoms with van der Waals surface area (Å²) in [7, 11) is 0. The number of rotatable bonds is 9. The van der Waals surface area contributed by atoms with Crippen LogP contribution in [0.1, 0.15) is 16.7 Å². The maximum Gasteiger partial charge on any atom is 0.0948 e. The van der Waals surface area contributed by atoms with Crippen molar-refractivity contribution in [1.82, 2.24) is 5.32 Å². The number of hydrogen-bond donors (Lipinski definition) is 2. The molecule has 3 aromatic carbocycles. The minimum Gasteiger partial charge on any atom is -0.379 e. The highest BCUT2D eigenvalue weighted by molar-refractivity contribution is 5.49. The van der Waals surface area contributed by atoms with Crippen molar-refractivity contribution < 1.29 is 4.74 Å². The fourth-order valence-corrected chi connectivity index (χ4v) is 3.37. The highest BCUT2D eigenvalue weighted by Crippen LogP contribution is 2.36. The van der Waals surface area contributed by atoms with Crippen molar-refractivity contribution in [2.24, 2.45) is 5.73 Å². The van der Waals surface area contributed by atoms with Crippen molar-refractivity contribution in [2.75, 3.05) is 26.3 Å². The van der Waals surface area contributed by atoms with Crippen LogP contribution in [0.2, 0.25) is 0 Å². The Labute approximate surface area is 155 Å². The zero-order chi connectivity index (χ0) is 18.1. The van der Waals surface area contributed by atoms with E-state index >= 15 is 0 Å². The standard InChI is InChI=1S/C23H26N2O/c24-16-18-26-19-17-25-23(20-10-4-1-5-11-20,21-12-6-2-7-13-21)22-14-8-3-9-15-22/h1-15,25H,16-19,24H2. The third-order valence-corrected chi connectivity index (χ3v) is 4.52. The van der Waals surface area contributed by atoms with Crippen molar-refractivity contribution in [3.05, 3.63) is 108 Å². The Morgan fingerprint density at radius 1 is 0.654 bits per heavy atom. The lowest BCUT2D eigenvalue weighted by molar-refractivity contribution is 0.139. The maximum atomic E-state index is 5.60. The van der Waals surface area contributed by atoms with Gasteiger partial charge in [-0.1, -0.05) is 91.0 Å². The molecule has 3 heteroatoms. The van der Waals surface area contributed by atoms with Crippen molar-refractivity contribution in [3.8, 4) is 0 Å². The Morgan fingerprint density at radius 3 is 1.46 bits per heavy atom. The molecule has 0 spiro atoms. The van der Waals surface area contributed by atoms with E-state index < -0.39 is 5.54 Å². The van der Waals surface area contributed by atoms with Gasteiger partial charge in [0.25, 0.3) is 0 Å². The van der Waals surface area contributed by atoms with E-state index in [1.165, 1.54) is 16.7 Å². The summed E-state index contributed by atoms with van der Waals surface area (Å²) in [5.41, 5.74) is 8.70. The lowest BCUT2D eigenvalue weighted by atomic mass is 9.77. The van der Waals surface area contributed by atoms with Crippen molar-refractivity contribution in [1.29, 1.82) is 0 Å². The van der Waals surface area contributed by atoms with Gasteiger partial charge in [-0.25, -0.2) is 0 Å². The molecule has 0 saturated heterocycles. The van der Waals surface area contributed by atoms with Crippen LogP contribution in [0.25, 0.3) is 0 Å². The molecule has 3 aromatic rings. The van der Waals surface area contributed by atoms with Crippen molar-refractivity contribution in [3.63, 3.8) is 0 Å². The van der Waals surface area contributed by atoms with Gasteiger partial charge < -0.3 is 10.5 Å². The summed E-state index contributed by atoms with van der Waals surface area (Å²) in [6.07, 6.45) is 0. The fourth-order valence-electron chi connectivity index (χ4n) is 3.37. The predicted molar refractivity (Wildman–Crippen MR) is 107 cm³/mol. The van der Waals surface area contributed by atoms with E-state index in [2.05, 4.69) is 96.3 Å². The Hall–Kier alpha value is -2.46. The van der Waals surface area contributed by atoms with Crippen LogP contribution in [0.3, 0.4) is 0 Å². The van der Waals surface area contributed by atoms with Crippen LogP contribution in [0.5, 0.6) is 0 Å². The van der Waals surface area contributed by atoms with Gasteiger partial charge in [-0.2, -0.15) is 0 Å². The first-order valence-electron chi connectivity index (χ1n) is 9.07. The summed E-state index contributed by atoms with van der Waals surface area (Å²) in [5.74, 6) is 0. The molecule has 3 nitrogen and oxygen atoms in total. The van der Waals surface area contributed by atoms with E-state index in [1.54, 1.807) is 0 Å². The number of ether oxygens (including phenoxy) is 1. The van der Waals surface area contributed by atoms with Crippen LogP contribution in [0.15, 0.2) is 91.0 Å². The predicted octanol–water partition coefficient (Wildman–Crippen LogP) is 3.54. The highest BCUT2D eigenvalue weighted by atomic mass is 16.5. The number of nitrogens with two attached hydrogens (primary N) is 1. The average Bonchev–Trinajstić information content (AvgIpc) is 2.73. The molecule has 26 heavy (non-hydrogen) atoms. The SMILES string of the molecule is NCCOCCNC(c1ccccc1)(c1ccccc1)c1ccccc1. The molecule has 0 amide bonds. The second-order valence-corrected chi connectivity index (χ2v) is 6.18. The summed E-state index contributed by atoms with van der Waals surface area (Å²) < 4.78 is 5.60. The van der Waals surface area contributed by atoms with Crippen LogP contribution in [0.4, 0.5) is 0 Å². The molecule has 0 fully saturated rings. The quantitative estimate of drug-likeness (QED) is 0.460. The van der Waals surface area contributed by atoms with E-state index in [9.17, 15) is 0 Å². The van der Waals surface area contributed by atoms with E-state index in [0.29, 0.717) is 19.8 Å². The third-order valence-electron chi connectivity index (χ3n) is 4.52. The highest BCUT2D eigenvalue weighted by Gasteiger charge is 2.35. The molecule has 0 heterocycles. The van der Waals surface area contributed by atoms with E-state index in [4.69, 9.17) is 10.5 Å². The first kappa shape index (κ1) is 18.3. The molecular weight excluding hydrogens is 320 g/mol. The van der Waals surface area contributed by atoms with Gasteiger partial charge in [0.2, 0.25) is 0 Å². The van der Waals surface area contributed by atoms with Gasteiger partial charge in [0.15, 0.2) is 0 Å². The molecule has 0 radical (unpaired) electrons.